The smallest absolute Gasteiger partial charge is 0.243 e. The van der Waals surface area contributed by atoms with Crippen LogP contribution < -0.4 is 5.32 Å². The average Bonchev–Trinajstić information content (AvgIpc) is 3.22. The first kappa shape index (κ1) is 18.2. The van der Waals surface area contributed by atoms with E-state index in [-0.39, 0.29) is 0 Å². The van der Waals surface area contributed by atoms with Gasteiger partial charge in [0.15, 0.2) is 11.0 Å². The fraction of sp³-hybridized carbons (Fsp3) is 0.263. The van der Waals surface area contributed by atoms with E-state index in [1.54, 1.807) is 28.6 Å². The fourth-order valence-corrected chi connectivity index (χ4v) is 4.85. The molecule has 1 aliphatic rings. The van der Waals surface area contributed by atoms with E-state index < -0.39 is 10.0 Å². The van der Waals surface area contributed by atoms with Crippen LogP contribution in [-0.2, 0) is 16.6 Å². The van der Waals surface area contributed by atoms with Crippen LogP contribution in [0.2, 0.25) is 5.15 Å². The van der Waals surface area contributed by atoms with E-state index in [0.29, 0.717) is 35.5 Å². The highest BCUT2D eigenvalue weighted by Crippen LogP contribution is 2.23. The first-order valence-corrected chi connectivity index (χ1v) is 10.6. The Morgan fingerprint density at radius 2 is 1.59 bits per heavy atom. The molecular formula is C19H19ClN4O2S. The molecule has 0 bridgehead atoms. The van der Waals surface area contributed by atoms with Crippen LogP contribution in [0, 0.1) is 0 Å². The van der Waals surface area contributed by atoms with Crippen molar-refractivity contribution in [2.75, 3.05) is 18.4 Å². The summed E-state index contributed by atoms with van der Waals surface area (Å²) in [4.78, 5) is 9.16. The summed E-state index contributed by atoms with van der Waals surface area (Å²) in [5.41, 5.74) is 2.43. The van der Waals surface area contributed by atoms with Crippen LogP contribution in [0.5, 0.6) is 0 Å². The van der Waals surface area contributed by atoms with E-state index in [9.17, 15) is 8.42 Å². The minimum absolute atomic E-state index is 0.307. The van der Waals surface area contributed by atoms with Crippen molar-refractivity contribution in [1.29, 1.82) is 0 Å². The Morgan fingerprint density at radius 3 is 2.26 bits per heavy atom. The second-order valence-corrected chi connectivity index (χ2v) is 8.76. The van der Waals surface area contributed by atoms with Crippen LogP contribution in [0.1, 0.15) is 18.4 Å². The SMILES string of the molecule is O=S(=O)(c1ccc(CNc2nc3ccccc3nc2Cl)cc1)N1CCCC1. The van der Waals surface area contributed by atoms with Crippen molar-refractivity contribution in [2.24, 2.45) is 0 Å². The molecule has 0 amide bonds. The maximum atomic E-state index is 12.6. The first-order chi connectivity index (χ1) is 13.0. The van der Waals surface area contributed by atoms with Gasteiger partial charge in [0.2, 0.25) is 10.0 Å². The summed E-state index contributed by atoms with van der Waals surface area (Å²) in [6.07, 6.45) is 1.85. The molecule has 4 rings (SSSR count). The Labute approximate surface area is 163 Å². The van der Waals surface area contributed by atoms with Gasteiger partial charge in [-0.25, -0.2) is 18.4 Å². The van der Waals surface area contributed by atoms with Gasteiger partial charge in [0.05, 0.1) is 15.9 Å². The summed E-state index contributed by atoms with van der Waals surface area (Å²) in [6, 6.07) is 14.4. The van der Waals surface area contributed by atoms with Crippen LogP contribution in [0.3, 0.4) is 0 Å². The van der Waals surface area contributed by atoms with E-state index in [1.807, 2.05) is 24.3 Å². The van der Waals surface area contributed by atoms with Gasteiger partial charge in [0.1, 0.15) is 0 Å². The molecule has 1 aromatic heterocycles. The largest absolute Gasteiger partial charge is 0.363 e. The number of hydrogen-bond acceptors (Lipinski definition) is 5. The second kappa shape index (κ2) is 7.42. The number of para-hydroxylation sites is 2. The minimum Gasteiger partial charge on any atom is -0.363 e. The van der Waals surface area contributed by atoms with E-state index >= 15 is 0 Å². The topological polar surface area (TPSA) is 75.2 Å². The van der Waals surface area contributed by atoms with Crippen molar-refractivity contribution in [2.45, 2.75) is 24.3 Å². The molecule has 0 aliphatic carbocycles. The number of sulfonamides is 1. The number of anilines is 1. The molecule has 8 heteroatoms. The lowest BCUT2D eigenvalue weighted by Gasteiger charge is -2.15. The highest BCUT2D eigenvalue weighted by atomic mass is 35.5. The summed E-state index contributed by atoms with van der Waals surface area (Å²) in [6.45, 7) is 1.67. The second-order valence-electron chi connectivity index (χ2n) is 6.46. The molecule has 3 aromatic rings. The molecule has 0 unspecified atom stereocenters. The molecule has 1 aliphatic heterocycles. The number of nitrogens with one attached hydrogen (secondary N) is 1. The molecule has 140 valence electrons. The fourth-order valence-electron chi connectivity index (χ4n) is 3.13. The van der Waals surface area contributed by atoms with E-state index in [4.69, 9.17) is 11.6 Å². The van der Waals surface area contributed by atoms with Gasteiger partial charge < -0.3 is 5.32 Å². The maximum absolute atomic E-state index is 12.6. The maximum Gasteiger partial charge on any atom is 0.243 e. The average molecular weight is 403 g/mol. The lowest BCUT2D eigenvalue weighted by Crippen LogP contribution is -2.27. The monoisotopic (exact) mass is 402 g/mol. The van der Waals surface area contributed by atoms with Gasteiger partial charge in [-0.05, 0) is 42.7 Å². The van der Waals surface area contributed by atoms with Crippen LogP contribution in [0.25, 0.3) is 11.0 Å². The van der Waals surface area contributed by atoms with Crippen molar-refractivity contribution >= 4 is 38.5 Å². The summed E-state index contributed by atoms with van der Waals surface area (Å²) in [5, 5.41) is 3.48. The van der Waals surface area contributed by atoms with E-state index in [0.717, 1.165) is 29.4 Å². The number of rotatable bonds is 5. The lowest BCUT2D eigenvalue weighted by atomic mass is 10.2. The van der Waals surface area contributed by atoms with Crippen LogP contribution in [0.15, 0.2) is 53.4 Å². The number of aromatic nitrogens is 2. The van der Waals surface area contributed by atoms with Crippen molar-refractivity contribution in [3.63, 3.8) is 0 Å². The third-order valence-electron chi connectivity index (χ3n) is 4.61. The zero-order chi connectivity index (χ0) is 18.9. The Hall–Kier alpha value is -2.22. The summed E-state index contributed by atoms with van der Waals surface area (Å²) in [7, 11) is -3.38. The number of benzene rings is 2. The van der Waals surface area contributed by atoms with Crippen molar-refractivity contribution in [1.82, 2.24) is 14.3 Å². The Balaban J connectivity index is 1.48. The molecule has 0 radical (unpaired) electrons. The van der Waals surface area contributed by atoms with Gasteiger partial charge in [-0.3, -0.25) is 0 Å². The molecule has 2 aromatic carbocycles. The van der Waals surface area contributed by atoms with Crippen molar-refractivity contribution in [3.8, 4) is 0 Å². The summed E-state index contributed by atoms with van der Waals surface area (Å²) >= 11 is 6.21. The van der Waals surface area contributed by atoms with Crippen molar-refractivity contribution < 1.29 is 8.42 Å². The molecule has 2 heterocycles. The third-order valence-corrected chi connectivity index (χ3v) is 6.79. The molecule has 0 saturated carbocycles. The Bertz CT molecular complexity index is 1060. The number of fused-ring (bicyclic) bond motifs is 1. The quantitative estimate of drug-likeness (QED) is 0.704. The molecule has 0 spiro atoms. The number of nitrogens with zero attached hydrogens (tertiary/aromatic N) is 3. The molecule has 1 N–H and O–H groups in total. The molecule has 6 nitrogen and oxygen atoms in total. The number of hydrogen-bond donors (Lipinski definition) is 1. The van der Waals surface area contributed by atoms with Crippen LogP contribution in [-0.4, -0.2) is 35.8 Å². The van der Waals surface area contributed by atoms with Crippen LogP contribution in [0.4, 0.5) is 5.82 Å². The van der Waals surface area contributed by atoms with Crippen LogP contribution >= 0.6 is 11.6 Å². The summed E-state index contributed by atoms with van der Waals surface area (Å²) in [5.74, 6) is 0.504. The number of halogens is 1. The minimum atomic E-state index is -3.38. The van der Waals surface area contributed by atoms with Gasteiger partial charge in [-0.15, -0.1) is 0 Å². The van der Waals surface area contributed by atoms with Gasteiger partial charge >= 0.3 is 0 Å². The predicted molar refractivity (Wildman–Crippen MR) is 106 cm³/mol. The van der Waals surface area contributed by atoms with E-state index in [1.165, 1.54) is 0 Å². The van der Waals surface area contributed by atoms with Gasteiger partial charge in [-0.1, -0.05) is 35.9 Å². The first-order valence-electron chi connectivity index (χ1n) is 8.79. The zero-order valence-corrected chi connectivity index (χ0v) is 16.2. The Morgan fingerprint density at radius 1 is 0.963 bits per heavy atom. The zero-order valence-electron chi connectivity index (χ0n) is 14.6. The molecule has 1 saturated heterocycles. The highest BCUT2D eigenvalue weighted by Gasteiger charge is 2.26. The molecule has 0 atom stereocenters. The van der Waals surface area contributed by atoms with Gasteiger partial charge in [0.25, 0.3) is 0 Å². The standard InChI is InChI=1S/C19H19ClN4O2S/c20-18-19(23-17-6-2-1-5-16(17)22-18)21-13-14-7-9-15(10-8-14)27(25,26)24-11-3-4-12-24/h1-2,5-10H,3-4,11-13H2,(H,21,23). The van der Waals surface area contributed by atoms with Gasteiger partial charge in [-0.2, -0.15) is 4.31 Å². The normalized spacial score (nSPS) is 15.3. The molecule has 1 fully saturated rings. The molecule has 27 heavy (non-hydrogen) atoms. The van der Waals surface area contributed by atoms with Crippen molar-refractivity contribution in [3.05, 3.63) is 59.2 Å². The molecular weight excluding hydrogens is 384 g/mol. The van der Waals surface area contributed by atoms with Gasteiger partial charge in [0, 0.05) is 19.6 Å². The Kier molecular flexibility index (Phi) is 4.99. The lowest BCUT2D eigenvalue weighted by molar-refractivity contribution is 0.477. The highest BCUT2D eigenvalue weighted by molar-refractivity contribution is 7.89. The predicted octanol–water partition coefficient (Wildman–Crippen LogP) is 3.68. The summed E-state index contributed by atoms with van der Waals surface area (Å²) < 4.78 is 26.7. The third kappa shape index (κ3) is 3.76. The van der Waals surface area contributed by atoms with E-state index in [2.05, 4.69) is 15.3 Å².